The number of anilines is 1. The van der Waals surface area contributed by atoms with Gasteiger partial charge in [-0.15, -0.1) is 0 Å². The fourth-order valence-electron chi connectivity index (χ4n) is 2.64. The molecule has 2 heterocycles. The number of aromatic nitrogens is 1. The highest BCUT2D eigenvalue weighted by molar-refractivity contribution is 5.70. The van der Waals surface area contributed by atoms with Crippen molar-refractivity contribution in [3.63, 3.8) is 0 Å². The zero-order chi connectivity index (χ0) is 16.8. The average Bonchev–Trinajstić information content (AvgIpc) is 2.89. The minimum atomic E-state index is -0.332. The van der Waals surface area contributed by atoms with Gasteiger partial charge in [0.1, 0.15) is 23.3 Å². The molecule has 0 bridgehead atoms. The Morgan fingerprint density at radius 2 is 1.88 bits per heavy atom. The van der Waals surface area contributed by atoms with Crippen LogP contribution >= 0.6 is 0 Å². The first kappa shape index (κ1) is 15.8. The molecule has 1 amide bonds. The van der Waals surface area contributed by atoms with Gasteiger partial charge in [0.15, 0.2) is 0 Å². The molecule has 0 N–H and O–H groups in total. The zero-order valence-corrected chi connectivity index (χ0v) is 13.3. The molecule has 0 atom stereocenters. The Hall–Kier alpha value is -3.07. The zero-order valence-electron chi connectivity index (χ0n) is 13.3. The second-order valence-corrected chi connectivity index (χ2v) is 5.50. The van der Waals surface area contributed by atoms with Crippen molar-refractivity contribution in [3.05, 3.63) is 54.2 Å². The van der Waals surface area contributed by atoms with Crippen LogP contribution in [0.2, 0.25) is 0 Å². The molecule has 2 aromatic rings. The summed E-state index contributed by atoms with van der Waals surface area (Å²) in [4.78, 5) is 20.4. The van der Waals surface area contributed by atoms with Crippen LogP contribution < -0.4 is 9.64 Å². The van der Waals surface area contributed by atoms with Crippen molar-refractivity contribution in [3.8, 4) is 11.8 Å². The van der Waals surface area contributed by atoms with Gasteiger partial charge in [0.05, 0.1) is 0 Å². The number of nitrogens with zero attached hydrogens (tertiary/aromatic N) is 4. The molecule has 1 saturated heterocycles. The van der Waals surface area contributed by atoms with Crippen LogP contribution in [0.4, 0.5) is 10.6 Å². The Morgan fingerprint density at radius 1 is 1.04 bits per heavy atom. The minimum absolute atomic E-state index is 0.332. The molecule has 0 spiro atoms. The van der Waals surface area contributed by atoms with Crippen molar-refractivity contribution in [2.45, 2.75) is 6.42 Å². The van der Waals surface area contributed by atoms with E-state index in [1.807, 2.05) is 30.3 Å². The smallest absolute Gasteiger partial charge is 0.410 e. The lowest BCUT2D eigenvalue weighted by Gasteiger charge is -2.22. The average molecular weight is 322 g/mol. The number of pyridine rings is 1. The van der Waals surface area contributed by atoms with Gasteiger partial charge in [-0.05, 0) is 30.7 Å². The molecule has 1 aromatic heterocycles. The third-order valence-corrected chi connectivity index (χ3v) is 3.88. The number of para-hydroxylation sites is 1. The fraction of sp³-hybridized carbons (Fsp3) is 0.278. The van der Waals surface area contributed by atoms with Gasteiger partial charge < -0.3 is 14.5 Å². The van der Waals surface area contributed by atoms with E-state index in [0.29, 0.717) is 31.1 Å². The van der Waals surface area contributed by atoms with Crippen LogP contribution in [0.15, 0.2) is 48.5 Å². The molecule has 1 fully saturated rings. The number of ether oxygens (including phenoxy) is 1. The van der Waals surface area contributed by atoms with E-state index in [-0.39, 0.29) is 6.09 Å². The Labute approximate surface area is 140 Å². The second-order valence-electron chi connectivity index (χ2n) is 5.50. The second kappa shape index (κ2) is 7.47. The van der Waals surface area contributed by atoms with E-state index in [1.165, 1.54) is 0 Å². The normalized spacial score (nSPS) is 14.6. The fourth-order valence-corrected chi connectivity index (χ4v) is 2.64. The topological polar surface area (TPSA) is 69.5 Å². The lowest BCUT2D eigenvalue weighted by Crippen LogP contribution is -2.37. The van der Waals surface area contributed by atoms with Crippen LogP contribution in [0, 0.1) is 11.3 Å². The maximum absolute atomic E-state index is 12.3. The molecule has 24 heavy (non-hydrogen) atoms. The molecule has 122 valence electrons. The van der Waals surface area contributed by atoms with Gasteiger partial charge in [0.25, 0.3) is 0 Å². The highest BCUT2D eigenvalue weighted by atomic mass is 16.6. The van der Waals surface area contributed by atoms with Gasteiger partial charge in [-0.1, -0.05) is 24.3 Å². The Balaban J connectivity index is 1.62. The quantitative estimate of drug-likeness (QED) is 0.850. The lowest BCUT2D eigenvalue weighted by molar-refractivity contribution is 0.155. The summed E-state index contributed by atoms with van der Waals surface area (Å²) in [5, 5.41) is 8.97. The highest BCUT2D eigenvalue weighted by Gasteiger charge is 2.21. The molecular formula is C18H18N4O2. The van der Waals surface area contributed by atoms with Gasteiger partial charge in [-0.25, -0.2) is 9.78 Å². The van der Waals surface area contributed by atoms with Crippen LogP contribution in [0.25, 0.3) is 0 Å². The van der Waals surface area contributed by atoms with Crippen LogP contribution in [0.5, 0.6) is 5.75 Å². The van der Waals surface area contributed by atoms with Crippen molar-refractivity contribution in [1.82, 2.24) is 9.88 Å². The Kier molecular flexibility index (Phi) is 4.92. The number of hydrogen-bond acceptors (Lipinski definition) is 5. The van der Waals surface area contributed by atoms with E-state index in [4.69, 9.17) is 10.00 Å². The molecule has 0 radical (unpaired) electrons. The van der Waals surface area contributed by atoms with E-state index in [9.17, 15) is 4.79 Å². The molecule has 3 rings (SSSR count). The van der Waals surface area contributed by atoms with Crippen molar-refractivity contribution < 1.29 is 9.53 Å². The summed E-state index contributed by atoms with van der Waals surface area (Å²) in [5.74, 6) is 1.32. The molecule has 6 heteroatoms. The molecule has 0 saturated carbocycles. The molecular weight excluding hydrogens is 304 g/mol. The third-order valence-electron chi connectivity index (χ3n) is 3.88. The van der Waals surface area contributed by atoms with E-state index in [1.54, 1.807) is 23.1 Å². The molecule has 0 unspecified atom stereocenters. The maximum atomic E-state index is 12.3. The molecule has 1 aliphatic rings. The number of benzene rings is 1. The summed E-state index contributed by atoms with van der Waals surface area (Å²) in [7, 11) is 0. The summed E-state index contributed by atoms with van der Waals surface area (Å²) >= 11 is 0. The number of rotatable bonds is 2. The van der Waals surface area contributed by atoms with Gasteiger partial charge in [-0.2, -0.15) is 5.26 Å². The number of nitriles is 1. The number of amides is 1. The van der Waals surface area contributed by atoms with Gasteiger partial charge in [0, 0.05) is 26.2 Å². The van der Waals surface area contributed by atoms with Gasteiger partial charge >= 0.3 is 6.09 Å². The van der Waals surface area contributed by atoms with Crippen molar-refractivity contribution in [2.24, 2.45) is 0 Å². The van der Waals surface area contributed by atoms with E-state index in [2.05, 4.69) is 16.0 Å². The van der Waals surface area contributed by atoms with Crippen LogP contribution in [-0.4, -0.2) is 42.2 Å². The lowest BCUT2D eigenvalue weighted by atomic mass is 10.3. The Bertz CT molecular complexity index is 742. The minimum Gasteiger partial charge on any atom is -0.410 e. The van der Waals surface area contributed by atoms with E-state index >= 15 is 0 Å². The monoisotopic (exact) mass is 322 g/mol. The van der Waals surface area contributed by atoms with Crippen LogP contribution in [0.3, 0.4) is 0 Å². The number of carbonyl (C=O) groups is 1. The first-order valence-corrected chi connectivity index (χ1v) is 7.90. The first-order valence-electron chi connectivity index (χ1n) is 7.90. The van der Waals surface area contributed by atoms with Crippen LogP contribution in [-0.2, 0) is 0 Å². The summed E-state index contributed by atoms with van der Waals surface area (Å²) in [5.41, 5.74) is 0.400. The molecule has 1 aliphatic heterocycles. The summed E-state index contributed by atoms with van der Waals surface area (Å²) in [6, 6.07) is 16.5. The van der Waals surface area contributed by atoms with E-state index in [0.717, 1.165) is 18.8 Å². The third kappa shape index (κ3) is 3.82. The molecule has 1 aromatic carbocycles. The number of carbonyl (C=O) groups excluding carboxylic acids is 1. The van der Waals surface area contributed by atoms with Crippen molar-refractivity contribution in [1.29, 1.82) is 5.26 Å². The van der Waals surface area contributed by atoms with Crippen molar-refractivity contribution >= 4 is 11.9 Å². The predicted molar refractivity (Wildman–Crippen MR) is 89.8 cm³/mol. The molecule has 0 aliphatic carbocycles. The number of hydrogen-bond donors (Lipinski definition) is 0. The van der Waals surface area contributed by atoms with Gasteiger partial charge in [0.2, 0.25) is 0 Å². The van der Waals surface area contributed by atoms with Gasteiger partial charge in [-0.3, -0.25) is 0 Å². The standard InChI is InChI=1S/C18H18N4O2/c19-14-15-6-4-9-17(20-15)21-10-5-11-22(13-12-21)18(23)24-16-7-2-1-3-8-16/h1-4,6-9H,5,10-13H2. The highest BCUT2D eigenvalue weighted by Crippen LogP contribution is 2.16. The van der Waals surface area contributed by atoms with Crippen molar-refractivity contribution in [2.75, 3.05) is 31.1 Å². The summed E-state index contributed by atoms with van der Waals surface area (Å²) < 4.78 is 5.40. The SMILES string of the molecule is N#Cc1cccc(N2CCCN(C(=O)Oc3ccccc3)CC2)n1. The Morgan fingerprint density at radius 3 is 2.67 bits per heavy atom. The first-order chi connectivity index (χ1) is 11.8. The summed E-state index contributed by atoms with van der Waals surface area (Å²) in [6.07, 6.45) is 0.490. The van der Waals surface area contributed by atoms with E-state index < -0.39 is 0 Å². The largest absolute Gasteiger partial charge is 0.415 e. The predicted octanol–water partition coefficient (Wildman–Crippen LogP) is 2.66. The summed E-state index contributed by atoms with van der Waals surface area (Å²) in [6.45, 7) is 2.65. The molecule has 6 nitrogen and oxygen atoms in total. The maximum Gasteiger partial charge on any atom is 0.415 e. The van der Waals surface area contributed by atoms with Crippen LogP contribution in [0.1, 0.15) is 12.1 Å².